The van der Waals surface area contributed by atoms with Crippen molar-refractivity contribution in [3.63, 3.8) is 0 Å². The van der Waals surface area contributed by atoms with Crippen LogP contribution in [0, 0.1) is 0 Å². The van der Waals surface area contributed by atoms with Crippen LogP contribution in [0.2, 0.25) is 0 Å². The highest BCUT2D eigenvalue weighted by molar-refractivity contribution is 7.27. The Labute approximate surface area is 300 Å². The highest BCUT2D eigenvalue weighted by Gasteiger charge is 2.14. The molecule has 0 aliphatic rings. The lowest BCUT2D eigenvalue weighted by Gasteiger charge is -1.99. The smallest absolute Gasteiger partial charge is 0.124 e. The van der Waals surface area contributed by atoms with Crippen molar-refractivity contribution in [3.8, 4) is 42.0 Å². The summed E-state index contributed by atoms with van der Waals surface area (Å²) in [5.41, 5.74) is 6.97. The van der Waals surface area contributed by atoms with E-state index in [1.165, 1.54) is 81.8 Å². The van der Waals surface area contributed by atoms with Crippen molar-refractivity contribution in [3.05, 3.63) is 133 Å². The molecule has 0 amide bonds. The molecule has 49 heavy (non-hydrogen) atoms. The van der Waals surface area contributed by atoms with E-state index >= 15 is 0 Å². The Morgan fingerprint density at radius 1 is 0.327 bits per heavy atom. The van der Waals surface area contributed by atoms with Crippen LogP contribution in [0.25, 0.3) is 103 Å². The molecule has 0 aliphatic carbocycles. The van der Waals surface area contributed by atoms with Crippen LogP contribution in [0.3, 0.4) is 0 Å². The SMILES string of the molecule is c1ccc2sc(-c3ccc(-c4cc5cc6c(cc5s4)sc4cc5sc(-c7ccc(-c8nc9ccccc9s8)cc7)cc5cc46)cc3)nc2c1. The highest BCUT2D eigenvalue weighted by Crippen LogP contribution is 2.44. The molecule has 0 bridgehead atoms. The van der Waals surface area contributed by atoms with E-state index < -0.39 is 0 Å². The molecule has 0 spiro atoms. The Bertz CT molecular complexity index is 2770. The first kappa shape index (κ1) is 28.1. The van der Waals surface area contributed by atoms with Crippen LogP contribution in [0.4, 0.5) is 0 Å². The van der Waals surface area contributed by atoms with Crippen molar-refractivity contribution in [2.75, 3.05) is 0 Å². The van der Waals surface area contributed by atoms with Crippen LogP contribution in [0.5, 0.6) is 0 Å². The van der Waals surface area contributed by atoms with Gasteiger partial charge in [-0.25, -0.2) is 9.97 Å². The van der Waals surface area contributed by atoms with Crippen LogP contribution >= 0.6 is 56.7 Å². The lowest BCUT2D eigenvalue weighted by molar-refractivity contribution is 1.48. The number of thiophene rings is 3. The summed E-state index contributed by atoms with van der Waals surface area (Å²) in [7, 11) is 0. The summed E-state index contributed by atoms with van der Waals surface area (Å²) in [5, 5.41) is 7.45. The van der Waals surface area contributed by atoms with Crippen LogP contribution < -0.4 is 0 Å². The van der Waals surface area contributed by atoms with Gasteiger partial charge in [-0.2, -0.15) is 0 Å². The van der Waals surface area contributed by atoms with Gasteiger partial charge in [0.2, 0.25) is 0 Å². The van der Waals surface area contributed by atoms with Gasteiger partial charge in [0.25, 0.3) is 0 Å². The third-order valence-electron chi connectivity index (χ3n) is 9.17. The molecule has 6 aromatic carbocycles. The van der Waals surface area contributed by atoms with E-state index in [0.29, 0.717) is 0 Å². The largest absolute Gasteiger partial charge is 0.236 e. The van der Waals surface area contributed by atoms with Gasteiger partial charge in [-0.1, -0.05) is 72.8 Å². The molecule has 0 unspecified atom stereocenters. The number of rotatable bonds is 4. The van der Waals surface area contributed by atoms with Gasteiger partial charge in [-0.3, -0.25) is 0 Å². The molecule has 230 valence electrons. The van der Waals surface area contributed by atoms with E-state index in [1.54, 1.807) is 22.7 Å². The molecule has 0 fully saturated rings. The first-order valence-corrected chi connectivity index (χ1v) is 20.0. The van der Waals surface area contributed by atoms with Crippen molar-refractivity contribution in [1.29, 1.82) is 0 Å². The lowest BCUT2D eigenvalue weighted by Crippen LogP contribution is -1.77. The van der Waals surface area contributed by atoms with E-state index in [9.17, 15) is 0 Å². The molecule has 0 N–H and O–H groups in total. The van der Waals surface area contributed by atoms with Gasteiger partial charge in [-0.05, 0) is 82.6 Å². The number of hydrogen-bond acceptors (Lipinski definition) is 7. The van der Waals surface area contributed by atoms with E-state index in [0.717, 1.165) is 21.0 Å². The highest BCUT2D eigenvalue weighted by atomic mass is 32.1. The second-order valence-electron chi connectivity index (χ2n) is 12.2. The van der Waals surface area contributed by atoms with Gasteiger partial charge in [0.15, 0.2) is 0 Å². The second kappa shape index (κ2) is 10.9. The molecule has 0 radical (unpaired) electrons. The molecule has 0 saturated heterocycles. The maximum absolute atomic E-state index is 4.85. The van der Waals surface area contributed by atoms with Gasteiger partial charge in [0.1, 0.15) is 10.0 Å². The average Bonchev–Trinajstić information content (AvgIpc) is 3.97. The van der Waals surface area contributed by atoms with Crippen molar-refractivity contribution >= 4 is 117 Å². The maximum atomic E-state index is 4.85. The average molecular weight is 715 g/mol. The summed E-state index contributed by atoms with van der Waals surface area (Å²) in [6.45, 7) is 0. The topological polar surface area (TPSA) is 25.8 Å². The molecule has 5 heterocycles. The Balaban J connectivity index is 0.912. The normalized spacial score (nSPS) is 12.1. The zero-order valence-corrected chi connectivity index (χ0v) is 29.7. The molecule has 0 saturated carbocycles. The molecular weight excluding hydrogens is 693 g/mol. The minimum absolute atomic E-state index is 1.07. The van der Waals surface area contributed by atoms with Crippen molar-refractivity contribution in [2.45, 2.75) is 0 Å². The Morgan fingerprint density at radius 3 is 1.20 bits per heavy atom. The number of thiazole rings is 2. The molecule has 11 rings (SSSR count). The van der Waals surface area contributed by atoms with Crippen LogP contribution in [-0.2, 0) is 0 Å². The van der Waals surface area contributed by atoms with Gasteiger partial charge >= 0.3 is 0 Å². The minimum atomic E-state index is 1.07. The molecule has 5 aromatic heterocycles. The van der Waals surface area contributed by atoms with E-state index in [-0.39, 0.29) is 0 Å². The fraction of sp³-hybridized carbons (Fsp3) is 0. The van der Waals surface area contributed by atoms with E-state index in [4.69, 9.17) is 9.97 Å². The summed E-state index contributed by atoms with van der Waals surface area (Å²) < 4.78 is 7.83. The molecule has 7 heteroatoms. The summed E-state index contributed by atoms with van der Waals surface area (Å²) in [6.07, 6.45) is 0. The lowest BCUT2D eigenvalue weighted by atomic mass is 10.1. The number of para-hydroxylation sites is 2. The van der Waals surface area contributed by atoms with Crippen LogP contribution in [-0.4, -0.2) is 9.97 Å². The minimum Gasteiger partial charge on any atom is -0.236 e. The van der Waals surface area contributed by atoms with Gasteiger partial charge in [0.05, 0.1) is 20.4 Å². The number of fused-ring (bicyclic) bond motifs is 7. The predicted octanol–water partition coefficient (Wildman–Crippen LogP) is 14.4. The molecular formula is C42H22N2S5. The maximum Gasteiger partial charge on any atom is 0.124 e. The fourth-order valence-corrected chi connectivity index (χ4v) is 12.1. The van der Waals surface area contributed by atoms with Crippen molar-refractivity contribution < 1.29 is 0 Å². The van der Waals surface area contributed by atoms with Crippen molar-refractivity contribution in [1.82, 2.24) is 9.97 Å². The fourth-order valence-electron chi connectivity index (χ4n) is 6.67. The molecule has 0 aliphatic heterocycles. The van der Waals surface area contributed by atoms with Crippen molar-refractivity contribution in [2.24, 2.45) is 0 Å². The number of hydrogen-bond donors (Lipinski definition) is 0. The first-order valence-electron chi connectivity index (χ1n) is 15.9. The molecule has 0 atom stereocenters. The zero-order chi connectivity index (χ0) is 32.1. The monoisotopic (exact) mass is 714 g/mol. The first-order chi connectivity index (χ1) is 24.2. The van der Waals surface area contributed by atoms with E-state index in [2.05, 4.69) is 133 Å². The summed E-state index contributed by atoms with van der Waals surface area (Å²) >= 11 is 9.16. The quantitative estimate of drug-likeness (QED) is 0.181. The third kappa shape index (κ3) is 4.69. The van der Waals surface area contributed by atoms with E-state index in [1.807, 2.05) is 34.0 Å². The zero-order valence-electron chi connectivity index (χ0n) is 25.6. The number of nitrogens with zero attached hydrogens (tertiary/aromatic N) is 2. The Kier molecular flexibility index (Phi) is 6.24. The molecule has 2 nitrogen and oxygen atoms in total. The van der Waals surface area contributed by atoms with Gasteiger partial charge in [0, 0.05) is 50.5 Å². The van der Waals surface area contributed by atoms with Crippen LogP contribution in [0.1, 0.15) is 0 Å². The van der Waals surface area contributed by atoms with Gasteiger partial charge < -0.3 is 0 Å². The standard InChI is InChI=1S/C42H22N2S5/c1-3-7-33-31(5-1)43-41(48-33)25-13-9-23(10-14-25)35-19-27-17-29-30-18-28-20-36(46-38(28)22-40(30)47-39(29)21-37(27)45-35)24-11-15-26(16-12-24)42-44-32-6-2-4-8-34(32)49-42/h1-22H. The Hall–Kier alpha value is -4.76. The summed E-state index contributed by atoms with van der Waals surface area (Å²) in [6, 6.07) is 48.8. The van der Waals surface area contributed by atoms with Gasteiger partial charge in [-0.15, -0.1) is 56.7 Å². The van der Waals surface area contributed by atoms with Crippen LogP contribution in [0.15, 0.2) is 133 Å². The predicted molar refractivity (Wildman–Crippen MR) is 218 cm³/mol. The second-order valence-corrected chi connectivity index (χ2v) is 17.5. The molecule has 11 aromatic rings. The third-order valence-corrected chi connectivity index (χ3v) is 14.7. The Morgan fingerprint density at radius 2 is 0.755 bits per heavy atom. The summed E-state index contributed by atoms with van der Waals surface area (Å²) in [4.78, 5) is 12.3. The summed E-state index contributed by atoms with van der Waals surface area (Å²) in [5.74, 6) is 0. The number of benzene rings is 6. The number of aromatic nitrogens is 2.